The molecule has 2 fully saturated rings. The highest BCUT2D eigenvalue weighted by Crippen LogP contribution is 2.32. The van der Waals surface area contributed by atoms with Gasteiger partial charge in [0.2, 0.25) is 11.8 Å². The van der Waals surface area contributed by atoms with Crippen molar-refractivity contribution >= 4 is 11.8 Å². The minimum absolute atomic E-state index is 0.0519. The Balaban J connectivity index is 1.36. The van der Waals surface area contributed by atoms with Crippen LogP contribution in [-0.4, -0.2) is 44.1 Å². The first-order valence-electron chi connectivity index (χ1n) is 8.23. The molecule has 24 heavy (non-hydrogen) atoms. The molecule has 2 amide bonds. The third-order valence-corrected chi connectivity index (χ3v) is 4.53. The summed E-state index contributed by atoms with van der Waals surface area (Å²) in [5.41, 5.74) is 0.951. The van der Waals surface area contributed by atoms with E-state index in [-0.39, 0.29) is 17.7 Å². The minimum atomic E-state index is -0.231. The topological polar surface area (TPSA) is 80.1 Å². The summed E-state index contributed by atoms with van der Waals surface area (Å²) in [7, 11) is 0. The van der Waals surface area contributed by atoms with E-state index in [9.17, 15) is 9.59 Å². The van der Waals surface area contributed by atoms with Gasteiger partial charge < -0.3 is 10.2 Å². The molecular formula is C17H19N5O2. The molecular weight excluding hydrogens is 306 g/mol. The first-order chi connectivity index (χ1) is 11.7. The normalized spacial score (nSPS) is 20.4. The molecule has 1 aliphatic heterocycles. The van der Waals surface area contributed by atoms with E-state index >= 15 is 0 Å². The van der Waals surface area contributed by atoms with Crippen LogP contribution in [-0.2, 0) is 16.1 Å². The Morgan fingerprint density at radius 2 is 2.21 bits per heavy atom. The van der Waals surface area contributed by atoms with Crippen LogP contribution in [0.3, 0.4) is 0 Å². The molecule has 2 aromatic heterocycles. The number of hydrogen-bond donors (Lipinski definition) is 1. The number of nitrogens with zero attached hydrogens (tertiary/aromatic N) is 4. The van der Waals surface area contributed by atoms with E-state index in [0.29, 0.717) is 31.4 Å². The van der Waals surface area contributed by atoms with Crippen LogP contribution in [0.2, 0.25) is 0 Å². The van der Waals surface area contributed by atoms with Crippen molar-refractivity contribution in [3.63, 3.8) is 0 Å². The summed E-state index contributed by atoms with van der Waals surface area (Å²) in [4.78, 5) is 30.4. The van der Waals surface area contributed by atoms with Crippen molar-refractivity contribution < 1.29 is 9.59 Å². The first-order valence-corrected chi connectivity index (χ1v) is 8.23. The maximum Gasteiger partial charge on any atom is 0.225 e. The SMILES string of the molecule is O=C(NCc1ccnc(-n2cccn2)c1)C1CC(=O)N(C2CC2)C1. The molecule has 2 aliphatic rings. The van der Waals surface area contributed by atoms with Gasteiger partial charge in [0.15, 0.2) is 5.82 Å². The minimum Gasteiger partial charge on any atom is -0.352 e. The monoisotopic (exact) mass is 325 g/mol. The number of likely N-dealkylation sites (tertiary alicyclic amines) is 1. The smallest absolute Gasteiger partial charge is 0.225 e. The Labute approximate surface area is 139 Å². The van der Waals surface area contributed by atoms with Crippen molar-refractivity contribution in [1.82, 2.24) is 25.0 Å². The predicted molar refractivity (Wildman–Crippen MR) is 86.0 cm³/mol. The Kier molecular flexibility index (Phi) is 3.76. The van der Waals surface area contributed by atoms with Gasteiger partial charge in [0.1, 0.15) is 0 Å². The summed E-state index contributed by atoms with van der Waals surface area (Å²) in [6.07, 6.45) is 7.70. The van der Waals surface area contributed by atoms with Gasteiger partial charge in [-0.1, -0.05) is 0 Å². The van der Waals surface area contributed by atoms with Crippen molar-refractivity contribution in [2.24, 2.45) is 5.92 Å². The van der Waals surface area contributed by atoms with Crippen molar-refractivity contribution in [1.29, 1.82) is 0 Å². The lowest BCUT2D eigenvalue weighted by atomic mass is 10.1. The van der Waals surface area contributed by atoms with Crippen molar-refractivity contribution in [3.05, 3.63) is 42.4 Å². The van der Waals surface area contributed by atoms with Gasteiger partial charge in [0.05, 0.1) is 5.92 Å². The average molecular weight is 325 g/mol. The summed E-state index contributed by atoms with van der Waals surface area (Å²) < 4.78 is 1.68. The molecule has 1 saturated carbocycles. The van der Waals surface area contributed by atoms with Crippen LogP contribution >= 0.6 is 0 Å². The summed E-state index contributed by atoms with van der Waals surface area (Å²) in [5, 5.41) is 7.09. The van der Waals surface area contributed by atoms with E-state index < -0.39 is 0 Å². The van der Waals surface area contributed by atoms with Gasteiger partial charge in [-0.05, 0) is 36.6 Å². The largest absolute Gasteiger partial charge is 0.352 e. The molecule has 1 unspecified atom stereocenters. The Morgan fingerprint density at radius 1 is 1.33 bits per heavy atom. The lowest BCUT2D eigenvalue weighted by Gasteiger charge is -2.15. The van der Waals surface area contributed by atoms with Gasteiger partial charge in [0.25, 0.3) is 0 Å². The van der Waals surface area contributed by atoms with E-state index in [1.165, 1.54) is 0 Å². The van der Waals surface area contributed by atoms with Crippen LogP contribution in [0, 0.1) is 5.92 Å². The second-order valence-corrected chi connectivity index (χ2v) is 6.37. The van der Waals surface area contributed by atoms with Crippen LogP contribution in [0.5, 0.6) is 0 Å². The Hall–Kier alpha value is -2.70. The van der Waals surface area contributed by atoms with E-state index in [2.05, 4.69) is 15.4 Å². The molecule has 3 heterocycles. The molecule has 0 radical (unpaired) electrons. The van der Waals surface area contributed by atoms with Gasteiger partial charge in [-0.2, -0.15) is 5.10 Å². The molecule has 1 saturated heterocycles. The van der Waals surface area contributed by atoms with Crippen molar-refractivity contribution in [3.8, 4) is 5.82 Å². The zero-order valence-electron chi connectivity index (χ0n) is 13.3. The summed E-state index contributed by atoms with van der Waals surface area (Å²) in [6.45, 7) is 0.980. The second kappa shape index (κ2) is 6.07. The molecule has 0 bridgehead atoms. The standard InChI is InChI=1S/C17H19N5O2/c23-16-9-13(11-21(16)14-2-3-14)17(24)19-10-12-4-6-18-15(8-12)22-7-1-5-20-22/h1,4-8,13-14H,2-3,9-11H2,(H,19,24). The highest BCUT2D eigenvalue weighted by atomic mass is 16.2. The van der Waals surface area contributed by atoms with Gasteiger partial charge in [-0.3, -0.25) is 9.59 Å². The fourth-order valence-corrected chi connectivity index (χ4v) is 3.08. The molecule has 7 nitrogen and oxygen atoms in total. The third kappa shape index (κ3) is 3.02. The van der Waals surface area contributed by atoms with E-state index in [1.54, 1.807) is 17.1 Å². The van der Waals surface area contributed by atoms with Crippen molar-refractivity contribution in [2.45, 2.75) is 31.8 Å². The Bertz CT molecular complexity index is 754. The number of rotatable bonds is 5. The lowest BCUT2D eigenvalue weighted by Crippen LogP contribution is -2.33. The number of nitrogens with one attached hydrogen (secondary N) is 1. The number of amides is 2. The number of aromatic nitrogens is 3. The van der Waals surface area contributed by atoms with E-state index in [4.69, 9.17) is 0 Å². The highest BCUT2D eigenvalue weighted by Gasteiger charge is 2.41. The molecule has 124 valence electrons. The third-order valence-electron chi connectivity index (χ3n) is 4.53. The molecule has 4 rings (SSSR count). The second-order valence-electron chi connectivity index (χ2n) is 6.37. The summed E-state index contributed by atoms with van der Waals surface area (Å²) in [5.74, 6) is 0.541. The molecule has 1 atom stereocenters. The first kappa shape index (κ1) is 14.9. The number of pyridine rings is 1. The molecule has 7 heteroatoms. The maximum absolute atomic E-state index is 12.3. The molecule has 2 aromatic rings. The molecule has 0 aromatic carbocycles. The Morgan fingerprint density at radius 3 is 2.96 bits per heavy atom. The van der Waals surface area contributed by atoms with Crippen LogP contribution < -0.4 is 5.32 Å². The number of hydrogen-bond acceptors (Lipinski definition) is 4. The van der Waals surface area contributed by atoms with Gasteiger partial charge in [-0.15, -0.1) is 0 Å². The fraction of sp³-hybridized carbons (Fsp3) is 0.412. The van der Waals surface area contributed by atoms with E-state index in [0.717, 1.165) is 18.4 Å². The zero-order valence-corrected chi connectivity index (χ0v) is 13.3. The molecule has 1 N–H and O–H groups in total. The summed E-state index contributed by atoms with van der Waals surface area (Å²) in [6, 6.07) is 5.97. The van der Waals surface area contributed by atoms with Gasteiger partial charge in [-0.25, -0.2) is 9.67 Å². The lowest BCUT2D eigenvalue weighted by molar-refractivity contribution is -0.129. The summed E-state index contributed by atoms with van der Waals surface area (Å²) >= 11 is 0. The van der Waals surface area contributed by atoms with Gasteiger partial charge in [0, 0.05) is 44.1 Å². The quantitative estimate of drug-likeness (QED) is 0.885. The van der Waals surface area contributed by atoms with Crippen molar-refractivity contribution in [2.75, 3.05) is 6.54 Å². The van der Waals surface area contributed by atoms with Gasteiger partial charge >= 0.3 is 0 Å². The molecule has 0 spiro atoms. The number of carbonyl (C=O) groups excluding carboxylic acids is 2. The zero-order chi connectivity index (χ0) is 16.5. The van der Waals surface area contributed by atoms with Crippen LogP contribution in [0.15, 0.2) is 36.8 Å². The maximum atomic E-state index is 12.3. The van der Waals surface area contributed by atoms with Crippen LogP contribution in [0.1, 0.15) is 24.8 Å². The average Bonchev–Trinajstić information content (AvgIpc) is 3.13. The highest BCUT2D eigenvalue weighted by molar-refractivity contribution is 5.89. The fourth-order valence-electron chi connectivity index (χ4n) is 3.08. The van der Waals surface area contributed by atoms with Crippen LogP contribution in [0.25, 0.3) is 5.82 Å². The predicted octanol–water partition coefficient (Wildman–Crippen LogP) is 0.894. The molecule has 1 aliphatic carbocycles. The number of carbonyl (C=O) groups is 2. The van der Waals surface area contributed by atoms with E-state index in [1.807, 2.05) is 29.3 Å². The van der Waals surface area contributed by atoms with Crippen LogP contribution in [0.4, 0.5) is 0 Å².